The van der Waals surface area contributed by atoms with Crippen LogP contribution in [0.25, 0.3) is 33.4 Å². The number of esters is 1. The number of anilines is 2. The first-order chi connectivity index (χ1) is 36.8. The van der Waals surface area contributed by atoms with Gasteiger partial charge in [-0.3, -0.25) is 0 Å². The van der Waals surface area contributed by atoms with Crippen molar-refractivity contribution in [1.29, 1.82) is 0 Å². The summed E-state index contributed by atoms with van der Waals surface area (Å²) in [6.45, 7) is 4.52. The van der Waals surface area contributed by atoms with Gasteiger partial charge in [-0.1, -0.05) is 246 Å². The Bertz CT molecular complexity index is 2970. The Morgan fingerprint density at radius 3 is 1.25 bits per heavy atom. The van der Waals surface area contributed by atoms with E-state index in [1.54, 1.807) is 0 Å². The number of nitrogens with zero attached hydrogens (tertiary/aromatic N) is 2. The van der Waals surface area contributed by atoms with Crippen LogP contribution in [-0.4, -0.2) is 34.2 Å². The molecule has 1 heterocycles. The maximum Gasteiger partial charge on any atom is 0.341 e. The number of unbranched alkanes of at least 4 members (excludes halogenated alkanes) is 10. The number of halogens is 4. The van der Waals surface area contributed by atoms with Crippen molar-refractivity contribution in [1.82, 2.24) is 0 Å². The minimum Gasteiger partial charge on any atom is -0.442 e. The van der Waals surface area contributed by atoms with Gasteiger partial charge in [0, 0.05) is 45.1 Å². The summed E-state index contributed by atoms with van der Waals surface area (Å²) in [5.41, 5.74) is 12.9. The van der Waals surface area contributed by atoms with Gasteiger partial charge >= 0.3 is 5.97 Å². The zero-order valence-corrected chi connectivity index (χ0v) is 48.2. The van der Waals surface area contributed by atoms with Gasteiger partial charge in [-0.25, -0.2) is 4.79 Å². The molecule has 0 N–H and O–H groups in total. The van der Waals surface area contributed by atoms with Gasteiger partial charge < -0.3 is 14.5 Å². The lowest BCUT2D eigenvalue weighted by Gasteiger charge is -2.28. The van der Waals surface area contributed by atoms with Gasteiger partial charge in [0.05, 0.1) is 25.7 Å². The normalized spacial score (nSPS) is 14.5. The van der Waals surface area contributed by atoms with Crippen LogP contribution in [0.2, 0.25) is 20.1 Å². The van der Waals surface area contributed by atoms with Crippen LogP contribution in [0.15, 0.2) is 158 Å². The zero-order valence-electron chi connectivity index (χ0n) is 45.1. The maximum atomic E-state index is 14.9. The summed E-state index contributed by atoms with van der Waals surface area (Å²) in [4.78, 5) is 19.0. The quantitative estimate of drug-likeness (QED) is 0.0261. The van der Waals surface area contributed by atoms with Crippen molar-refractivity contribution in [3.8, 4) is 22.3 Å². The Morgan fingerprint density at radius 1 is 0.461 bits per heavy atom. The SMILES string of the molecule is CCCCCCCCc1ccc(-c2ccccc2C(=CC2(C=C(c3ccc(N(C)C)cc3)c3ccccc3-c3ccc(CCCCCCCC)cc3)OC(=O)c3c(Cl)c(Cl)c(Cl)c(Cl)c32)c2ccc(N(C)C)cc2)cc1. The first-order valence-corrected chi connectivity index (χ1v) is 28.8. The van der Waals surface area contributed by atoms with Gasteiger partial charge in [0.2, 0.25) is 0 Å². The second-order valence-electron chi connectivity index (χ2n) is 20.7. The highest BCUT2D eigenvalue weighted by atomic mass is 35.5. The fraction of sp³-hybridized carbons (Fsp3) is 0.309. The fourth-order valence-electron chi connectivity index (χ4n) is 10.5. The van der Waals surface area contributed by atoms with Gasteiger partial charge in [0.15, 0.2) is 5.60 Å². The molecule has 76 heavy (non-hydrogen) atoms. The molecule has 0 saturated heterocycles. The third kappa shape index (κ3) is 13.1. The average Bonchev–Trinajstić information content (AvgIpc) is 3.79. The zero-order chi connectivity index (χ0) is 53.8. The molecule has 0 saturated carbocycles. The van der Waals surface area contributed by atoms with Crippen molar-refractivity contribution in [2.75, 3.05) is 38.0 Å². The Balaban J connectivity index is 1.36. The molecule has 0 amide bonds. The molecular weight excluding hydrogens is 1020 g/mol. The van der Waals surface area contributed by atoms with Crippen LogP contribution in [0.4, 0.5) is 11.4 Å². The summed E-state index contributed by atoms with van der Waals surface area (Å²) in [5, 5.41) is 0.0875. The smallest absolute Gasteiger partial charge is 0.341 e. The molecule has 0 aromatic heterocycles. The molecule has 0 fully saturated rings. The van der Waals surface area contributed by atoms with Crippen LogP contribution in [0.5, 0.6) is 0 Å². The number of benzene rings is 7. The van der Waals surface area contributed by atoms with E-state index < -0.39 is 11.6 Å². The highest BCUT2D eigenvalue weighted by Crippen LogP contribution is 2.54. The number of carbonyl (C=O) groups excluding carboxylic acids is 1. The van der Waals surface area contributed by atoms with Crippen LogP contribution < -0.4 is 9.80 Å². The number of cyclic esters (lactones) is 1. The lowest BCUT2D eigenvalue weighted by molar-refractivity contribution is 0.0300. The molecule has 0 bridgehead atoms. The molecule has 394 valence electrons. The average molecular weight is 1090 g/mol. The molecule has 1 aliphatic rings. The number of rotatable bonds is 24. The Labute approximate surface area is 473 Å². The van der Waals surface area contributed by atoms with Crippen LogP contribution >= 0.6 is 46.4 Å². The molecule has 0 unspecified atom stereocenters. The Kier molecular flexibility index (Phi) is 19.7. The van der Waals surface area contributed by atoms with E-state index in [0.717, 1.165) is 79.9 Å². The van der Waals surface area contributed by atoms with Gasteiger partial charge in [0.25, 0.3) is 0 Å². The first kappa shape index (κ1) is 56.5. The topological polar surface area (TPSA) is 32.8 Å². The lowest BCUT2D eigenvalue weighted by Crippen LogP contribution is -2.23. The van der Waals surface area contributed by atoms with E-state index in [1.807, 2.05) is 40.3 Å². The molecule has 4 nitrogen and oxygen atoms in total. The molecule has 7 aromatic rings. The van der Waals surface area contributed by atoms with Gasteiger partial charge in [0.1, 0.15) is 0 Å². The van der Waals surface area contributed by atoms with E-state index in [-0.39, 0.29) is 25.7 Å². The molecule has 8 heteroatoms. The van der Waals surface area contributed by atoms with Crippen molar-refractivity contribution >= 4 is 74.9 Å². The summed E-state index contributed by atoms with van der Waals surface area (Å²) < 4.78 is 6.93. The third-order valence-electron chi connectivity index (χ3n) is 14.8. The number of hydrogen-bond donors (Lipinski definition) is 0. The number of fused-ring (bicyclic) bond motifs is 1. The molecule has 0 atom stereocenters. The number of carbonyl (C=O) groups is 1. The van der Waals surface area contributed by atoms with Crippen LogP contribution in [-0.2, 0) is 23.2 Å². The van der Waals surface area contributed by atoms with Crippen molar-refractivity contribution in [2.24, 2.45) is 0 Å². The predicted octanol–water partition coefficient (Wildman–Crippen LogP) is 20.2. The second-order valence-corrected chi connectivity index (χ2v) is 22.2. The minimum atomic E-state index is -1.70. The summed E-state index contributed by atoms with van der Waals surface area (Å²) >= 11 is 28.5. The molecule has 0 aliphatic carbocycles. The molecule has 8 rings (SSSR count). The largest absolute Gasteiger partial charge is 0.442 e. The first-order valence-electron chi connectivity index (χ1n) is 27.3. The Morgan fingerprint density at radius 2 is 0.842 bits per heavy atom. The van der Waals surface area contributed by atoms with E-state index in [4.69, 9.17) is 51.1 Å². The summed E-state index contributed by atoms with van der Waals surface area (Å²) in [6, 6.07) is 51.7. The summed E-state index contributed by atoms with van der Waals surface area (Å²) in [6.07, 6.45) is 21.2. The third-order valence-corrected chi connectivity index (χ3v) is 16.6. The van der Waals surface area contributed by atoms with Crippen LogP contribution in [0, 0.1) is 0 Å². The van der Waals surface area contributed by atoms with Crippen molar-refractivity contribution in [3.63, 3.8) is 0 Å². The molecular formula is C68H72Cl4N2O2. The van der Waals surface area contributed by atoms with E-state index in [2.05, 4.69) is 169 Å². The van der Waals surface area contributed by atoms with Crippen molar-refractivity contribution in [3.05, 3.63) is 222 Å². The van der Waals surface area contributed by atoms with Gasteiger partial charge in [-0.2, -0.15) is 0 Å². The minimum absolute atomic E-state index is 0.0117. The number of hydrogen-bond acceptors (Lipinski definition) is 4. The fourth-order valence-corrected chi connectivity index (χ4v) is 11.6. The van der Waals surface area contributed by atoms with Crippen molar-refractivity contribution in [2.45, 2.75) is 109 Å². The lowest BCUT2D eigenvalue weighted by atomic mass is 9.81. The number of aryl methyl sites for hydroxylation is 2. The van der Waals surface area contributed by atoms with Crippen LogP contribution in [0.1, 0.15) is 140 Å². The summed E-state index contributed by atoms with van der Waals surface area (Å²) in [5.74, 6) is -0.666. The van der Waals surface area contributed by atoms with Gasteiger partial charge in [-0.05, 0) is 129 Å². The van der Waals surface area contributed by atoms with E-state index in [1.165, 1.54) is 88.2 Å². The molecule has 0 radical (unpaired) electrons. The highest BCUT2D eigenvalue weighted by molar-refractivity contribution is 6.53. The van der Waals surface area contributed by atoms with Crippen molar-refractivity contribution < 1.29 is 9.53 Å². The molecule has 7 aromatic carbocycles. The van der Waals surface area contributed by atoms with E-state index in [9.17, 15) is 4.79 Å². The highest BCUT2D eigenvalue weighted by Gasteiger charge is 2.48. The predicted molar refractivity (Wildman–Crippen MR) is 327 cm³/mol. The molecule has 1 aliphatic heterocycles. The monoisotopic (exact) mass is 1090 g/mol. The van der Waals surface area contributed by atoms with Gasteiger partial charge in [-0.15, -0.1) is 0 Å². The van der Waals surface area contributed by atoms with E-state index >= 15 is 0 Å². The van der Waals surface area contributed by atoms with Crippen LogP contribution in [0.3, 0.4) is 0 Å². The maximum absolute atomic E-state index is 14.9. The molecule has 0 spiro atoms. The number of ether oxygens (including phenoxy) is 1. The summed E-state index contributed by atoms with van der Waals surface area (Å²) in [7, 11) is 8.12. The Hall–Kier alpha value is -5.75. The van der Waals surface area contributed by atoms with E-state index in [0.29, 0.717) is 5.56 Å². The standard InChI is InChI=1S/C68H72Cl4N2O2/c1-7-9-11-13-15-17-23-47-29-33-49(34-30-47)55-25-19-21-27-57(55)59(51-37-41-53(42-38-51)73(3)4)45-68(62-61(67(75)76-68)63(69)65(71)66(72)64(62)70)46-60(52-39-43-54(44-40-52)74(5)6)58-28-22-20-26-56(58)50-35-31-48(32-36-50)24-18-16-14-12-10-8-2/h19-22,25-46H,7-18,23-24H2,1-6H3. The second kappa shape index (κ2) is 26.5.